The van der Waals surface area contributed by atoms with Gasteiger partial charge in [-0.1, -0.05) is 19.8 Å². The summed E-state index contributed by atoms with van der Waals surface area (Å²) in [6.07, 6.45) is 5.48. The maximum absolute atomic E-state index is 5.29. The first-order chi connectivity index (χ1) is 8.76. The fraction of sp³-hybridized carbons (Fsp3) is 0.929. The van der Waals surface area contributed by atoms with Gasteiger partial charge in [0.15, 0.2) is 5.96 Å². The van der Waals surface area contributed by atoms with E-state index in [1.54, 1.807) is 0 Å². The van der Waals surface area contributed by atoms with E-state index in [1.807, 2.05) is 14.0 Å². The number of rotatable bonds is 6. The molecule has 1 saturated carbocycles. The number of hydrogen-bond donors (Lipinski definition) is 2. The summed E-state index contributed by atoms with van der Waals surface area (Å²) >= 11 is 0. The molecule has 0 spiro atoms. The maximum atomic E-state index is 5.29. The smallest absolute Gasteiger partial charge is 0.191 e. The largest absolute Gasteiger partial charge is 0.380 e. The molecule has 0 aliphatic heterocycles. The van der Waals surface area contributed by atoms with Crippen molar-refractivity contribution >= 4 is 5.96 Å². The highest BCUT2D eigenvalue weighted by molar-refractivity contribution is 5.79. The van der Waals surface area contributed by atoms with Crippen LogP contribution in [0.3, 0.4) is 0 Å². The Morgan fingerprint density at radius 3 is 2.83 bits per heavy atom. The number of nitrogens with one attached hydrogen (secondary N) is 2. The van der Waals surface area contributed by atoms with Crippen LogP contribution >= 0.6 is 0 Å². The number of guanidine groups is 1. The molecule has 18 heavy (non-hydrogen) atoms. The first-order valence-corrected chi connectivity index (χ1v) is 7.28. The van der Waals surface area contributed by atoms with Gasteiger partial charge in [-0.15, -0.1) is 0 Å². The third-order valence-electron chi connectivity index (χ3n) is 3.57. The molecule has 0 saturated heterocycles. The van der Waals surface area contributed by atoms with E-state index in [2.05, 4.69) is 22.5 Å². The third-order valence-corrected chi connectivity index (χ3v) is 3.57. The number of aliphatic imine (C=N–C) groups is 1. The second kappa shape index (κ2) is 9.20. The topological polar surface area (TPSA) is 45.6 Å². The van der Waals surface area contributed by atoms with Gasteiger partial charge in [-0.05, 0) is 31.6 Å². The van der Waals surface area contributed by atoms with Crippen molar-refractivity contribution in [2.75, 3.05) is 33.4 Å². The van der Waals surface area contributed by atoms with E-state index < -0.39 is 0 Å². The monoisotopic (exact) mass is 255 g/mol. The molecule has 1 aliphatic carbocycles. The molecule has 4 heteroatoms. The summed E-state index contributed by atoms with van der Waals surface area (Å²) in [5.41, 5.74) is 0. The molecule has 4 nitrogen and oxygen atoms in total. The molecule has 2 atom stereocenters. The van der Waals surface area contributed by atoms with E-state index in [1.165, 1.54) is 25.7 Å². The van der Waals surface area contributed by atoms with E-state index in [9.17, 15) is 0 Å². The molecule has 0 aromatic heterocycles. The highest BCUT2D eigenvalue weighted by atomic mass is 16.5. The zero-order valence-corrected chi connectivity index (χ0v) is 12.2. The predicted molar refractivity (Wildman–Crippen MR) is 77.0 cm³/mol. The quantitative estimate of drug-likeness (QED) is 0.433. The molecular weight excluding hydrogens is 226 g/mol. The lowest BCUT2D eigenvalue weighted by molar-refractivity contribution is 0.152. The summed E-state index contributed by atoms with van der Waals surface area (Å²) in [5, 5.41) is 6.69. The second-order valence-electron chi connectivity index (χ2n) is 5.21. The molecule has 106 valence electrons. The number of ether oxygens (including phenoxy) is 1. The average Bonchev–Trinajstić information content (AvgIpc) is 2.38. The van der Waals surface area contributed by atoms with Crippen LogP contribution in [0.2, 0.25) is 0 Å². The molecule has 0 amide bonds. The lowest BCUT2D eigenvalue weighted by atomic mass is 9.82. The summed E-state index contributed by atoms with van der Waals surface area (Å²) in [4.78, 5) is 4.23. The van der Waals surface area contributed by atoms with Crippen LogP contribution in [0.1, 0.15) is 39.5 Å². The van der Waals surface area contributed by atoms with Gasteiger partial charge < -0.3 is 15.4 Å². The van der Waals surface area contributed by atoms with Crippen LogP contribution in [-0.4, -0.2) is 39.3 Å². The molecule has 2 N–H and O–H groups in total. The van der Waals surface area contributed by atoms with Crippen molar-refractivity contribution in [3.63, 3.8) is 0 Å². The molecule has 0 heterocycles. The Kier molecular flexibility index (Phi) is 7.81. The van der Waals surface area contributed by atoms with Crippen LogP contribution in [0.15, 0.2) is 4.99 Å². The molecule has 1 aliphatic rings. The lowest BCUT2D eigenvalue weighted by Crippen LogP contribution is -2.41. The first-order valence-electron chi connectivity index (χ1n) is 7.28. The lowest BCUT2D eigenvalue weighted by Gasteiger charge is -2.27. The van der Waals surface area contributed by atoms with Gasteiger partial charge >= 0.3 is 0 Å². The van der Waals surface area contributed by atoms with Crippen LogP contribution < -0.4 is 10.6 Å². The maximum Gasteiger partial charge on any atom is 0.191 e. The number of hydrogen-bond acceptors (Lipinski definition) is 2. The first kappa shape index (κ1) is 15.3. The van der Waals surface area contributed by atoms with Crippen LogP contribution in [0, 0.1) is 11.8 Å². The minimum absolute atomic E-state index is 0.734. The van der Waals surface area contributed by atoms with E-state index in [0.717, 1.165) is 44.1 Å². The Morgan fingerprint density at radius 1 is 1.33 bits per heavy atom. The molecule has 0 bridgehead atoms. The molecule has 0 aromatic rings. The third kappa shape index (κ3) is 6.24. The van der Waals surface area contributed by atoms with Crippen molar-refractivity contribution < 1.29 is 4.74 Å². The summed E-state index contributed by atoms with van der Waals surface area (Å²) in [7, 11) is 1.82. The fourth-order valence-corrected chi connectivity index (χ4v) is 2.59. The van der Waals surface area contributed by atoms with Crippen LogP contribution in [0.4, 0.5) is 0 Å². The van der Waals surface area contributed by atoms with Crippen LogP contribution in [-0.2, 0) is 4.74 Å². The van der Waals surface area contributed by atoms with Gasteiger partial charge in [-0.2, -0.15) is 0 Å². The summed E-state index contributed by atoms with van der Waals surface area (Å²) in [5.74, 6) is 2.59. The summed E-state index contributed by atoms with van der Waals surface area (Å²) < 4.78 is 5.29. The van der Waals surface area contributed by atoms with E-state index >= 15 is 0 Å². The molecule has 1 fully saturated rings. The van der Waals surface area contributed by atoms with E-state index in [-0.39, 0.29) is 0 Å². The highest BCUT2D eigenvalue weighted by Crippen LogP contribution is 2.27. The molecule has 1 rings (SSSR count). The highest BCUT2D eigenvalue weighted by Gasteiger charge is 2.18. The summed E-state index contributed by atoms with van der Waals surface area (Å²) in [6, 6.07) is 0. The van der Waals surface area contributed by atoms with Crippen molar-refractivity contribution in [3.05, 3.63) is 0 Å². The van der Waals surface area contributed by atoms with Crippen LogP contribution in [0.5, 0.6) is 0 Å². The standard InChI is InChI=1S/C14H29N3O/c1-4-18-9-8-16-14(15-3)17-11-13-7-5-6-12(2)10-13/h12-13H,4-11H2,1-3H3,(H2,15,16,17). The summed E-state index contributed by atoms with van der Waals surface area (Å²) in [6.45, 7) is 7.73. The SMILES string of the molecule is CCOCCNC(=NC)NCC1CCCC(C)C1. The minimum Gasteiger partial charge on any atom is -0.380 e. The minimum atomic E-state index is 0.734. The van der Waals surface area contributed by atoms with Crippen molar-refractivity contribution in [1.82, 2.24) is 10.6 Å². The number of nitrogens with zero attached hydrogens (tertiary/aromatic N) is 1. The van der Waals surface area contributed by atoms with Crippen LogP contribution in [0.25, 0.3) is 0 Å². The van der Waals surface area contributed by atoms with E-state index in [0.29, 0.717) is 0 Å². The molecule has 0 aromatic carbocycles. The molecule has 2 unspecified atom stereocenters. The van der Waals surface area contributed by atoms with Gasteiger partial charge in [0, 0.05) is 26.7 Å². The Balaban J connectivity index is 2.14. The normalized spacial score (nSPS) is 24.9. The van der Waals surface area contributed by atoms with Gasteiger partial charge in [-0.25, -0.2) is 0 Å². The van der Waals surface area contributed by atoms with Crippen molar-refractivity contribution in [3.8, 4) is 0 Å². The van der Waals surface area contributed by atoms with Gasteiger partial charge in [0.05, 0.1) is 6.61 Å². The van der Waals surface area contributed by atoms with Gasteiger partial charge in [-0.3, -0.25) is 4.99 Å². The van der Waals surface area contributed by atoms with Crippen molar-refractivity contribution in [2.24, 2.45) is 16.8 Å². The van der Waals surface area contributed by atoms with Crippen molar-refractivity contribution in [2.45, 2.75) is 39.5 Å². The Morgan fingerprint density at radius 2 is 2.17 bits per heavy atom. The Hall–Kier alpha value is -0.770. The van der Waals surface area contributed by atoms with E-state index in [4.69, 9.17) is 4.74 Å². The van der Waals surface area contributed by atoms with Gasteiger partial charge in [0.2, 0.25) is 0 Å². The average molecular weight is 255 g/mol. The van der Waals surface area contributed by atoms with Crippen molar-refractivity contribution in [1.29, 1.82) is 0 Å². The predicted octanol–water partition coefficient (Wildman–Crippen LogP) is 2.01. The zero-order chi connectivity index (χ0) is 13.2. The Labute approximate surface area is 112 Å². The fourth-order valence-electron chi connectivity index (χ4n) is 2.59. The Bertz CT molecular complexity index is 243. The second-order valence-corrected chi connectivity index (χ2v) is 5.21. The van der Waals surface area contributed by atoms with Gasteiger partial charge in [0.1, 0.15) is 0 Å². The molecule has 0 radical (unpaired) electrons. The van der Waals surface area contributed by atoms with Gasteiger partial charge in [0.25, 0.3) is 0 Å². The molecular formula is C14H29N3O. The zero-order valence-electron chi connectivity index (χ0n) is 12.2.